The van der Waals surface area contributed by atoms with Gasteiger partial charge in [-0.25, -0.2) is 9.97 Å². The molecule has 0 N–H and O–H groups in total. The molecule has 5 nitrogen and oxygen atoms in total. The zero-order valence-electron chi connectivity index (χ0n) is 7.89. The smallest absolute Gasteiger partial charge is 0.543 e. The van der Waals surface area contributed by atoms with Crippen LogP contribution in [0.2, 0.25) is 0 Å². The van der Waals surface area contributed by atoms with E-state index in [1.807, 2.05) is 0 Å². The summed E-state index contributed by atoms with van der Waals surface area (Å²) in [5.41, 5.74) is 0.207. The quantitative estimate of drug-likeness (QED) is 0.428. The molecule has 0 spiro atoms. The molecule has 0 unspecified atom stereocenters. The summed E-state index contributed by atoms with van der Waals surface area (Å²) in [4.78, 5) is 18.3. The van der Waals surface area contributed by atoms with Gasteiger partial charge in [0.2, 0.25) is 0 Å². The molecule has 6 heteroatoms. The molecule has 66 valence electrons. The van der Waals surface area contributed by atoms with E-state index in [0.717, 1.165) is 0 Å². The molecule has 0 radical (unpaired) electrons. The number of carboxylic acid groups (broad SMARTS) is 1. The second kappa shape index (κ2) is 3.82. The Kier molecular flexibility index (Phi) is 2.94. The van der Waals surface area contributed by atoms with Gasteiger partial charge < -0.3 is 9.90 Å². The third kappa shape index (κ3) is 1.52. The second-order valence-electron chi connectivity index (χ2n) is 2.61. The number of carboxylic acids is 1. The first-order chi connectivity index (χ1) is 6.20. The van der Waals surface area contributed by atoms with Gasteiger partial charge in [-0.2, -0.15) is 0 Å². The minimum Gasteiger partial charge on any atom is -0.543 e. The summed E-state index contributed by atoms with van der Waals surface area (Å²) in [5, 5.41) is 10.6. The van der Waals surface area contributed by atoms with E-state index in [0.29, 0.717) is 11.5 Å². The van der Waals surface area contributed by atoms with Crippen LogP contribution in [0.3, 0.4) is 0 Å². The number of imidazole rings is 1. The average molecular weight is 183 g/mol. The van der Waals surface area contributed by atoms with Gasteiger partial charge in [-0.3, -0.25) is 4.40 Å². The molecule has 2 heterocycles. The number of hydrogen-bond donors (Lipinski definition) is 0. The van der Waals surface area contributed by atoms with Crippen LogP contribution in [-0.4, -0.2) is 20.3 Å². The van der Waals surface area contributed by atoms with Gasteiger partial charge >= 0.3 is 18.9 Å². The molecule has 0 aliphatic heterocycles. The molecule has 2 aromatic rings. The van der Waals surface area contributed by atoms with E-state index < -0.39 is 5.97 Å². The molecule has 0 aliphatic rings. The fourth-order valence-corrected chi connectivity index (χ4v) is 1.21. The van der Waals surface area contributed by atoms with Gasteiger partial charge in [-0.15, -0.1) is 0 Å². The number of nitrogens with zero attached hydrogens (tertiary/aromatic N) is 3. The summed E-state index contributed by atoms with van der Waals surface area (Å²) in [7, 11) is 0. The molecule has 0 bridgehead atoms. The second-order valence-corrected chi connectivity index (χ2v) is 2.61. The van der Waals surface area contributed by atoms with Crippen molar-refractivity contribution in [2.45, 2.75) is 6.92 Å². The van der Waals surface area contributed by atoms with Crippen LogP contribution >= 0.6 is 0 Å². The Morgan fingerprint density at radius 1 is 1.57 bits per heavy atom. The fraction of sp³-hybridized carbons (Fsp3) is 0.125. The average Bonchev–Trinajstić information content (AvgIpc) is 2.45. The number of aromatic carboxylic acids is 1. The molecule has 0 amide bonds. The van der Waals surface area contributed by atoms with Gasteiger partial charge in [0.25, 0.3) is 0 Å². The first kappa shape index (κ1) is 10.8. The van der Waals surface area contributed by atoms with Gasteiger partial charge in [0.05, 0.1) is 5.97 Å². The van der Waals surface area contributed by atoms with Gasteiger partial charge in [-0.1, -0.05) is 0 Å². The molecule has 2 rings (SSSR count). The molecule has 0 aromatic carbocycles. The van der Waals surface area contributed by atoms with Crippen molar-refractivity contribution in [1.82, 2.24) is 14.4 Å². The number of hydrogen-bond acceptors (Lipinski definition) is 4. The summed E-state index contributed by atoms with van der Waals surface area (Å²) >= 11 is 0. The third-order valence-corrected chi connectivity index (χ3v) is 1.77. The summed E-state index contributed by atoms with van der Waals surface area (Å²) in [6.45, 7) is 1.71. The molecule has 0 saturated carbocycles. The Morgan fingerprint density at radius 2 is 2.29 bits per heavy atom. The monoisotopic (exact) mass is 183 g/mol. The van der Waals surface area contributed by atoms with Gasteiger partial charge in [0, 0.05) is 12.4 Å². The third-order valence-electron chi connectivity index (χ3n) is 1.77. The maximum Gasteiger partial charge on any atom is 1.00 e. The van der Waals surface area contributed by atoms with Crippen LogP contribution in [0.4, 0.5) is 0 Å². The standard InChI is InChI=1S/C8H7N3O2.Li/c1-5-10-6(8(12)13)7-9-3-2-4-11(5)7;/h2-4H,1H3,(H,12,13);/q;+1/p-1. The van der Waals surface area contributed by atoms with Crippen molar-refractivity contribution in [3.8, 4) is 0 Å². The van der Waals surface area contributed by atoms with E-state index in [-0.39, 0.29) is 24.6 Å². The first-order valence-electron chi connectivity index (χ1n) is 3.71. The SMILES string of the molecule is Cc1nc(C(=O)[O-])c2ncccn12.[Li+]. The van der Waals surface area contributed by atoms with Gasteiger partial charge in [-0.05, 0) is 13.0 Å². The van der Waals surface area contributed by atoms with Crippen LogP contribution in [-0.2, 0) is 0 Å². The largest absolute Gasteiger partial charge is 1.00 e. The van der Waals surface area contributed by atoms with Crippen molar-refractivity contribution in [3.05, 3.63) is 30.0 Å². The minimum atomic E-state index is -1.30. The summed E-state index contributed by atoms with van der Waals surface area (Å²) in [6, 6.07) is 1.71. The zero-order valence-corrected chi connectivity index (χ0v) is 7.89. The molecule has 2 aromatic heterocycles. The summed E-state index contributed by atoms with van der Waals surface area (Å²) in [6.07, 6.45) is 3.22. The minimum absolute atomic E-state index is 0. The van der Waals surface area contributed by atoms with Crippen molar-refractivity contribution < 1.29 is 28.8 Å². The van der Waals surface area contributed by atoms with Crippen molar-refractivity contribution >= 4 is 11.6 Å². The number of rotatable bonds is 1. The van der Waals surface area contributed by atoms with E-state index in [1.54, 1.807) is 23.6 Å². The maximum atomic E-state index is 10.6. The van der Waals surface area contributed by atoms with Gasteiger partial charge in [0.1, 0.15) is 11.5 Å². The van der Waals surface area contributed by atoms with Gasteiger partial charge in [0.15, 0.2) is 5.65 Å². The molecular formula is C8H6LiN3O2. The normalized spacial score (nSPS) is 9.79. The van der Waals surface area contributed by atoms with E-state index in [1.165, 1.54) is 6.20 Å². The first-order valence-corrected chi connectivity index (χ1v) is 3.71. The Bertz CT molecular complexity index is 480. The van der Waals surface area contributed by atoms with E-state index in [2.05, 4.69) is 9.97 Å². The van der Waals surface area contributed by atoms with Crippen molar-refractivity contribution in [1.29, 1.82) is 0 Å². The Labute approximate surface area is 92.0 Å². The van der Waals surface area contributed by atoms with Crippen molar-refractivity contribution in [3.63, 3.8) is 0 Å². The Morgan fingerprint density at radius 3 is 2.93 bits per heavy atom. The number of aryl methyl sites for hydroxylation is 1. The van der Waals surface area contributed by atoms with E-state index in [9.17, 15) is 9.90 Å². The maximum absolute atomic E-state index is 10.6. The van der Waals surface area contributed by atoms with Crippen molar-refractivity contribution in [2.75, 3.05) is 0 Å². The number of carbonyl (C=O) groups is 1. The van der Waals surface area contributed by atoms with Crippen molar-refractivity contribution in [2.24, 2.45) is 0 Å². The van der Waals surface area contributed by atoms with Crippen LogP contribution in [0.5, 0.6) is 0 Å². The molecule has 14 heavy (non-hydrogen) atoms. The predicted octanol–water partition coefficient (Wildman–Crippen LogP) is -3.59. The van der Waals surface area contributed by atoms with E-state index in [4.69, 9.17) is 0 Å². The number of aromatic nitrogens is 3. The van der Waals surface area contributed by atoms with Crippen LogP contribution in [0.15, 0.2) is 18.5 Å². The summed E-state index contributed by atoms with van der Waals surface area (Å²) in [5.74, 6) is -0.716. The zero-order chi connectivity index (χ0) is 9.42. The fourth-order valence-electron chi connectivity index (χ4n) is 1.21. The number of fused-ring (bicyclic) bond motifs is 1. The molecule has 0 aliphatic carbocycles. The molecule has 0 saturated heterocycles. The molecule has 0 atom stereocenters. The Balaban J connectivity index is 0.000000980. The number of carbonyl (C=O) groups excluding carboxylic acids is 1. The van der Waals surface area contributed by atoms with Crippen LogP contribution in [0, 0.1) is 6.92 Å². The molecule has 0 fully saturated rings. The van der Waals surface area contributed by atoms with Crippen LogP contribution in [0.25, 0.3) is 5.65 Å². The van der Waals surface area contributed by atoms with Crippen LogP contribution < -0.4 is 24.0 Å². The Hall–Kier alpha value is -1.31. The topological polar surface area (TPSA) is 70.3 Å². The molecular weight excluding hydrogens is 177 g/mol. The van der Waals surface area contributed by atoms with Crippen LogP contribution in [0.1, 0.15) is 16.3 Å². The summed E-state index contributed by atoms with van der Waals surface area (Å²) < 4.78 is 1.60. The predicted molar refractivity (Wildman–Crippen MR) is 42.1 cm³/mol. The van der Waals surface area contributed by atoms with E-state index >= 15 is 0 Å².